The van der Waals surface area contributed by atoms with Gasteiger partial charge < -0.3 is 5.32 Å². The third-order valence-electron chi connectivity index (χ3n) is 3.42. The summed E-state index contributed by atoms with van der Waals surface area (Å²) in [5, 5.41) is 2.90. The molecule has 3 nitrogen and oxygen atoms in total. The van der Waals surface area contributed by atoms with E-state index in [1.807, 2.05) is 44.2 Å². The molecule has 4 heteroatoms. The first-order chi connectivity index (χ1) is 10.5. The number of Topliss-reactive ketones (excluding diaryl/α,β-unsaturated/α-hetero) is 1. The summed E-state index contributed by atoms with van der Waals surface area (Å²) < 4.78 is 0. The van der Waals surface area contributed by atoms with E-state index in [0.29, 0.717) is 11.3 Å². The molecule has 0 saturated carbocycles. The Hall–Kier alpha value is -2.07. The van der Waals surface area contributed by atoms with Gasteiger partial charge >= 0.3 is 0 Å². The molecule has 2 rings (SSSR count). The van der Waals surface area contributed by atoms with Crippen molar-refractivity contribution in [2.75, 3.05) is 11.1 Å². The highest BCUT2D eigenvalue weighted by atomic mass is 32.2. The normalized spacial score (nSPS) is 10.3. The molecule has 1 amide bonds. The van der Waals surface area contributed by atoms with Gasteiger partial charge in [-0.3, -0.25) is 9.59 Å². The van der Waals surface area contributed by atoms with E-state index in [4.69, 9.17) is 0 Å². The fourth-order valence-corrected chi connectivity index (χ4v) is 2.65. The van der Waals surface area contributed by atoms with Gasteiger partial charge in [0.25, 0.3) is 0 Å². The van der Waals surface area contributed by atoms with Crippen molar-refractivity contribution in [3.8, 4) is 0 Å². The molecular weight excluding hydrogens is 294 g/mol. The molecule has 114 valence electrons. The van der Waals surface area contributed by atoms with Crippen molar-refractivity contribution in [1.82, 2.24) is 0 Å². The summed E-state index contributed by atoms with van der Waals surface area (Å²) in [5.41, 5.74) is 3.87. The van der Waals surface area contributed by atoms with Gasteiger partial charge in [0.05, 0.1) is 5.75 Å². The standard InChI is InChI=1S/C18H19NO2S/c1-12-4-7-16(10-13(12)2)19-18(21)11-22-17-8-5-15(6-9-17)14(3)20/h4-10H,11H2,1-3H3,(H,19,21). The number of amides is 1. The van der Waals surface area contributed by atoms with Crippen LogP contribution in [-0.4, -0.2) is 17.4 Å². The Balaban J connectivity index is 1.89. The maximum Gasteiger partial charge on any atom is 0.234 e. The van der Waals surface area contributed by atoms with Crippen LogP contribution in [0.1, 0.15) is 28.4 Å². The lowest BCUT2D eigenvalue weighted by Crippen LogP contribution is -2.14. The van der Waals surface area contributed by atoms with Crippen LogP contribution < -0.4 is 5.32 Å². The summed E-state index contributed by atoms with van der Waals surface area (Å²) in [6.45, 7) is 5.61. The van der Waals surface area contributed by atoms with Crippen LogP contribution in [0.3, 0.4) is 0 Å². The van der Waals surface area contributed by atoms with E-state index in [2.05, 4.69) is 5.32 Å². The average Bonchev–Trinajstić information content (AvgIpc) is 2.49. The first kappa shape index (κ1) is 16.3. The first-order valence-electron chi connectivity index (χ1n) is 7.06. The van der Waals surface area contributed by atoms with Crippen molar-refractivity contribution >= 4 is 29.1 Å². The highest BCUT2D eigenvalue weighted by molar-refractivity contribution is 8.00. The molecule has 0 aliphatic rings. The van der Waals surface area contributed by atoms with Gasteiger partial charge in [-0.1, -0.05) is 18.2 Å². The number of ketones is 1. The van der Waals surface area contributed by atoms with Crippen molar-refractivity contribution in [2.45, 2.75) is 25.7 Å². The Bertz CT molecular complexity index is 693. The van der Waals surface area contributed by atoms with Gasteiger partial charge in [-0.2, -0.15) is 0 Å². The molecule has 0 aliphatic heterocycles. The third-order valence-corrected chi connectivity index (χ3v) is 4.43. The molecule has 0 aromatic heterocycles. The highest BCUT2D eigenvalue weighted by Crippen LogP contribution is 2.20. The smallest absolute Gasteiger partial charge is 0.234 e. The van der Waals surface area contributed by atoms with E-state index in [1.165, 1.54) is 17.3 Å². The number of hydrogen-bond donors (Lipinski definition) is 1. The van der Waals surface area contributed by atoms with E-state index >= 15 is 0 Å². The Morgan fingerprint density at radius 2 is 1.68 bits per heavy atom. The zero-order valence-electron chi connectivity index (χ0n) is 13.0. The second kappa shape index (κ2) is 7.27. The minimum Gasteiger partial charge on any atom is -0.325 e. The van der Waals surface area contributed by atoms with Crippen LogP contribution in [0.25, 0.3) is 0 Å². The second-order valence-corrected chi connectivity index (χ2v) is 6.27. The summed E-state index contributed by atoms with van der Waals surface area (Å²) >= 11 is 1.45. The topological polar surface area (TPSA) is 46.2 Å². The lowest BCUT2D eigenvalue weighted by molar-refractivity contribution is -0.113. The van der Waals surface area contributed by atoms with Gasteiger partial charge in [0.1, 0.15) is 0 Å². The number of rotatable bonds is 5. The predicted octanol–water partition coefficient (Wildman–Crippen LogP) is 4.24. The molecule has 0 fully saturated rings. The van der Waals surface area contributed by atoms with Gasteiger partial charge in [0.2, 0.25) is 5.91 Å². The number of carbonyl (C=O) groups excluding carboxylic acids is 2. The van der Waals surface area contributed by atoms with Crippen LogP contribution in [0.2, 0.25) is 0 Å². The molecule has 1 N–H and O–H groups in total. The van der Waals surface area contributed by atoms with Crippen LogP contribution in [-0.2, 0) is 4.79 Å². The Kier molecular flexibility index (Phi) is 5.39. The monoisotopic (exact) mass is 313 g/mol. The van der Waals surface area contributed by atoms with Gasteiger partial charge in [-0.25, -0.2) is 0 Å². The number of aryl methyl sites for hydroxylation is 2. The largest absolute Gasteiger partial charge is 0.325 e. The molecule has 2 aromatic carbocycles. The predicted molar refractivity (Wildman–Crippen MR) is 91.7 cm³/mol. The number of nitrogens with one attached hydrogen (secondary N) is 1. The number of benzene rings is 2. The Morgan fingerprint density at radius 3 is 2.27 bits per heavy atom. The number of anilines is 1. The van der Waals surface area contributed by atoms with Crippen LogP contribution in [0.15, 0.2) is 47.4 Å². The molecule has 0 unspecified atom stereocenters. The number of thioether (sulfide) groups is 1. The molecule has 22 heavy (non-hydrogen) atoms. The molecule has 0 atom stereocenters. The minimum absolute atomic E-state index is 0.0381. The first-order valence-corrected chi connectivity index (χ1v) is 8.05. The van der Waals surface area contributed by atoms with Crippen LogP contribution in [0, 0.1) is 13.8 Å². The van der Waals surface area contributed by atoms with Crippen LogP contribution in [0.5, 0.6) is 0 Å². The van der Waals surface area contributed by atoms with Gasteiger partial charge in [-0.15, -0.1) is 11.8 Å². The summed E-state index contributed by atoms with van der Waals surface area (Å²) in [6.07, 6.45) is 0. The number of carbonyl (C=O) groups is 2. The SMILES string of the molecule is CC(=O)c1ccc(SCC(=O)Nc2ccc(C)c(C)c2)cc1. The summed E-state index contributed by atoms with van der Waals surface area (Å²) in [7, 11) is 0. The van der Waals surface area contributed by atoms with Gasteiger partial charge in [0.15, 0.2) is 5.78 Å². The lowest BCUT2D eigenvalue weighted by atomic mass is 10.1. The van der Waals surface area contributed by atoms with E-state index in [0.717, 1.165) is 16.1 Å². The minimum atomic E-state index is -0.0381. The lowest BCUT2D eigenvalue weighted by Gasteiger charge is -2.08. The van der Waals surface area contributed by atoms with Gasteiger partial charge in [-0.05, 0) is 56.2 Å². The molecule has 0 radical (unpaired) electrons. The number of hydrogen-bond acceptors (Lipinski definition) is 3. The average molecular weight is 313 g/mol. The maximum absolute atomic E-state index is 12.0. The Labute approximate surface area is 135 Å². The zero-order valence-corrected chi connectivity index (χ0v) is 13.8. The Morgan fingerprint density at radius 1 is 1.00 bits per heavy atom. The molecule has 0 bridgehead atoms. The quantitative estimate of drug-likeness (QED) is 0.663. The van der Waals surface area contributed by atoms with Crippen molar-refractivity contribution in [2.24, 2.45) is 0 Å². The summed E-state index contributed by atoms with van der Waals surface area (Å²) in [6, 6.07) is 13.2. The molecule has 0 heterocycles. The zero-order chi connectivity index (χ0) is 16.1. The maximum atomic E-state index is 12.0. The summed E-state index contributed by atoms with van der Waals surface area (Å²) in [5.74, 6) is 0.347. The molecule has 0 spiro atoms. The van der Waals surface area contributed by atoms with Crippen LogP contribution >= 0.6 is 11.8 Å². The fourth-order valence-electron chi connectivity index (χ4n) is 1.95. The fraction of sp³-hybridized carbons (Fsp3) is 0.222. The van der Waals surface area contributed by atoms with E-state index in [1.54, 1.807) is 19.1 Å². The van der Waals surface area contributed by atoms with Crippen molar-refractivity contribution < 1.29 is 9.59 Å². The van der Waals surface area contributed by atoms with Crippen LogP contribution in [0.4, 0.5) is 5.69 Å². The van der Waals surface area contributed by atoms with Crippen molar-refractivity contribution in [3.63, 3.8) is 0 Å². The molecule has 2 aromatic rings. The second-order valence-electron chi connectivity index (χ2n) is 5.22. The van der Waals surface area contributed by atoms with Crippen molar-refractivity contribution in [3.05, 3.63) is 59.2 Å². The molecule has 0 aliphatic carbocycles. The van der Waals surface area contributed by atoms with E-state index in [9.17, 15) is 9.59 Å². The third kappa shape index (κ3) is 4.46. The van der Waals surface area contributed by atoms with E-state index in [-0.39, 0.29) is 11.7 Å². The van der Waals surface area contributed by atoms with Crippen molar-refractivity contribution in [1.29, 1.82) is 0 Å². The molecular formula is C18H19NO2S. The highest BCUT2D eigenvalue weighted by Gasteiger charge is 2.05. The molecule has 0 saturated heterocycles. The summed E-state index contributed by atoms with van der Waals surface area (Å²) in [4.78, 5) is 24.2. The van der Waals surface area contributed by atoms with E-state index < -0.39 is 0 Å². The van der Waals surface area contributed by atoms with Gasteiger partial charge in [0, 0.05) is 16.1 Å².